The first-order valence-corrected chi connectivity index (χ1v) is 6.01. The maximum atomic E-state index is 11.4. The Kier molecular flexibility index (Phi) is 7.31. The minimum Gasteiger partial charge on any atom is -0.481 e. The van der Waals surface area contributed by atoms with Gasteiger partial charge in [-0.05, 0) is 12.8 Å². The van der Waals surface area contributed by atoms with Crippen molar-refractivity contribution < 1.29 is 39.6 Å². The average Bonchev–Trinajstić information content (AvgIpc) is 2.32. The van der Waals surface area contributed by atoms with Gasteiger partial charge in [-0.15, -0.1) is 0 Å². The monoisotopic (exact) mass is 306 g/mol. The van der Waals surface area contributed by atoms with Gasteiger partial charge in [-0.25, -0.2) is 4.79 Å². The van der Waals surface area contributed by atoms with Crippen LogP contribution in [-0.2, 0) is 19.2 Å². The van der Waals surface area contributed by atoms with Crippen molar-refractivity contribution in [2.75, 3.05) is 6.54 Å². The average molecular weight is 306 g/mol. The van der Waals surface area contributed by atoms with Crippen LogP contribution < -0.4 is 11.1 Å². The molecule has 0 unspecified atom stereocenters. The molecule has 10 heteroatoms. The third-order valence-electron chi connectivity index (χ3n) is 2.63. The Morgan fingerprint density at radius 2 is 1.67 bits per heavy atom. The van der Waals surface area contributed by atoms with Crippen molar-refractivity contribution in [3.63, 3.8) is 0 Å². The van der Waals surface area contributed by atoms with Gasteiger partial charge < -0.3 is 31.5 Å². The van der Waals surface area contributed by atoms with E-state index >= 15 is 0 Å². The van der Waals surface area contributed by atoms with Gasteiger partial charge in [0.2, 0.25) is 5.91 Å². The van der Waals surface area contributed by atoms with Crippen molar-refractivity contribution >= 4 is 23.8 Å². The van der Waals surface area contributed by atoms with E-state index in [1.165, 1.54) is 0 Å². The second kappa shape index (κ2) is 8.17. The molecule has 0 saturated carbocycles. The number of carbonyl (C=O) groups is 4. The summed E-state index contributed by atoms with van der Waals surface area (Å²) in [7, 11) is 0. The van der Waals surface area contributed by atoms with Gasteiger partial charge in [0.05, 0.1) is 12.8 Å². The molecule has 0 aliphatic heterocycles. The number of aliphatic carboxylic acids is 3. The fourth-order valence-corrected chi connectivity index (χ4v) is 1.47. The van der Waals surface area contributed by atoms with Gasteiger partial charge in [0.25, 0.3) is 0 Å². The van der Waals surface area contributed by atoms with Crippen LogP contribution >= 0.6 is 0 Å². The van der Waals surface area contributed by atoms with Gasteiger partial charge in [-0.2, -0.15) is 0 Å². The summed E-state index contributed by atoms with van der Waals surface area (Å²) in [6.07, 6.45) is -1.68. The summed E-state index contributed by atoms with van der Waals surface area (Å²) in [5, 5.41) is 37.7. The number of nitrogens with two attached hydrogens (primary N) is 1. The molecule has 21 heavy (non-hydrogen) atoms. The lowest BCUT2D eigenvalue weighted by Crippen LogP contribution is -2.45. The summed E-state index contributed by atoms with van der Waals surface area (Å²) in [4.78, 5) is 43.2. The molecule has 0 aliphatic rings. The van der Waals surface area contributed by atoms with Crippen LogP contribution in [0.25, 0.3) is 0 Å². The highest BCUT2D eigenvalue weighted by Crippen LogP contribution is 2.16. The molecule has 0 aromatic rings. The van der Waals surface area contributed by atoms with Crippen LogP contribution in [-0.4, -0.2) is 62.4 Å². The molecule has 10 nitrogen and oxygen atoms in total. The van der Waals surface area contributed by atoms with E-state index in [4.69, 9.17) is 21.1 Å². The molecule has 0 aromatic carbocycles. The SMILES string of the molecule is N[C@H](CCCNC(=O)C[C@](O)(CC(=O)O)C(=O)O)C(=O)O. The van der Waals surface area contributed by atoms with E-state index in [0.717, 1.165) is 0 Å². The standard InChI is InChI=1S/C11H18N2O8/c12-6(9(17)18)2-1-3-13-7(14)4-11(21,10(19)20)5-8(15)16/h6,21H,1-5,12H2,(H,13,14)(H,15,16)(H,17,18)(H,19,20)/t6-,11+/m1/s1. The summed E-state index contributed by atoms with van der Waals surface area (Å²) >= 11 is 0. The number of amides is 1. The van der Waals surface area contributed by atoms with Crippen molar-refractivity contribution in [2.24, 2.45) is 5.73 Å². The predicted octanol–water partition coefficient (Wildman–Crippen LogP) is -2.02. The normalized spacial score (nSPS) is 14.8. The van der Waals surface area contributed by atoms with Crippen molar-refractivity contribution in [1.82, 2.24) is 5.32 Å². The number of rotatable bonds is 10. The largest absolute Gasteiger partial charge is 0.481 e. The lowest BCUT2D eigenvalue weighted by molar-refractivity contribution is -0.167. The van der Waals surface area contributed by atoms with E-state index < -0.39 is 48.3 Å². The molecule has 0 aliphatic carbocycles. The number of carboxylic acids is 3. The molecule has 0 fully saturated rings. The van der Waals surface area contributed by atoms with Crippen LogP contribution in [0.15, 0.2) is 0 Å². The van der Waals surface area contributed by atoms with Gasteiger partial charge in [-0.3, -0.25) is 14.4 Å². The van der Waals surface area contributed by atoms with Crippen molar-refractivity contribution in [3.05, 3.63) is 0 Å². The Labute approximate surface area is 119 Å². The molecular formula is C11H18N2O8. The van der Waals surface area contributed by atoms with Gasteiger partial charge in [-0.1, -0.05) is 0 Å². The third-order valence-corrected chi connectivity index (χ3v) is 2.63. The molecule has 0 saturated heterocycles. The molecule has 0 heterocycles. The highest BCUT2D eigenvalue weighted by atomic mass is 16.4. The van der Waals surface area contributed by atoms with Gasteiger partial charge in [0.15, 0.2) is 5.60 Å². The summed E-state index contributed by atoms with van der Waals surface area (Å²) in [6.45, 7) is 0.0303. The fourth-order valence-electron chi connectivity index (χ4n) is 1.47. The zero-order valence-electron chi connectivity index (χ0n) is 11.1. The fraction of sp³-hybridized carbons (Fsp3) is 0.636. The van der Waals surface area contributed by atoms with Crippen molar-refractivity contribution in [1.29, 1.82) is 0 Å². The molecule has 0 spiro atoms. The molecule has 1 amide bonds. The number of hydrogen-bond donors (Lipinski definition) is 6. The molecular weight excluding hydrogens is 288 g/mol. The Balaban J connectivity index is 4.25. The molecule has 120 valence electrons. The lowest BCUT2D eigenvalue weighted by Gasteiger charge is -2.20. The topological polar surface area (TPSA) is 187 Å². The van der Waals surface area contributed by atoms with E-state index in [1.54, 1.807) is 0 Å². The van der Waals surface area contributed by atoms with Crippen LogP contribution in [0.1, 0.15) is 25.7 Å². The molecule has 0 radical (unpaired) electrons. The zero-order valence-corrected chi connectivity index (χ0v) is 11.1. The van der Waals surface area contributed by atoms with Crippen molar-refractivity contribution in [3.8, 4) is 0 Å². The Morgan fingerprint density at radius 1 is 1.10 bits per heavy atom. The summed E-state index contributed by atoms with van der Waals surface area (Å²) < 4.78 is 0. The number of carboxylic acid groups (broad SMARTS) is 3. The van der Waals surface area contributed by atoms with Gasteiger partial charge in [0.1, 0.15) is 6.04 Å². The quantitative estimate of drug-likeness (QED) is 0.247. The summed E-state index contributed by atoms with van der Waals surface area (Å²) in [5.41, 5.74) is 2.55. The van der Waals surface area contributed by atoms with Crippen LogP contribution in [0.3, 0.4) is 0 Å². The highest BCUT2D eigenvalue weighted by molar-refractivity contribution is 5.90. The second-order valence-electron chi connectivity index (χ2n) is 4.52. The second-order valence-corrected chi connectivity index (χ2v) is 4.52. The van der Waals surface area contributed by atoms with Crippen LogP contribution in [0, 0.1) is 0 Å². The number of hydrogen-bond acceptors (Lipinski definition) is 6. The minimum atomic E-state index is -2.69. The first kappa shape index (κ1) is 18.8. The summed E-state index contributed by atoms with van der Waals surface area (Å²) in [6, 6.07) is -1.06. The molecule has 0 bridgehead atoms. The summed E-state index contributed by atoms with van der Waals surface area (Å²) in [5.74, 6) is -5.40. The van der Waals surface area contributed by atoms with Gasteiger partial charge in [0, 0.05) is 6.54 Å². The lowest BCUT2D eigenvalue weighted by atomic mass is 9.95. The molecule has 0 rings (SSSR count). The number of aliphatic hydroxyl groups is 1. The smallest absolute Gasteiger partial charge is 0.336 e. The third kappa shape index (κ3) is 7.22. The number of nitrogens with one attached hydrogen (secondary N) is 1. The zero-order chi connectivity index (χ0) is 16.6. The van der Waals surface area contributed by atoms with E-state index in [2.05, 4.69) is 5.32 Å². The molecule has 2 atom stereocenters. The van der Waals surface area contributed by atoms with E-state index in [0.29, 0.717) is 0 Å². The van der Waals surface area contributed by atoms with Crippen LogP contribution in [0.2, 0.25) is 0 Å². The first-order valence-electron chi connectivity index (χ1n) is 6.01. The van der Waals surface area contributed by atoms with E-state index in [1.807, 2.05) is 0 Å². The Morgan fingerprint density at radius 3 is 2.10 bits per heavy atom. The van der Waals surface area contributed by atoms with Crippen LogP contribution in [0.4, 0.5) is 0 Å². The molecule has 7 N–H and O–H groups in total. The minimum absolute atomic E-state index is 0.0303. The predicted molar refractivity (Wildman–Crippen MR) is 67.3 cm³/mol. The van der Waals surface area contributed by atoms with Gasteiger partial charge >= 0.3 is 17.9 Å². The Hall–Kier alpha value is -2.20. The van der Waals surface area contributed by atoms with E-state index in [-0.39, 0.29) is 19.4 Å². The highest BCUT2D eigenvalue weighted by Gasteiger charge is 2.40. The van der Waals surface area contributed by atoms with Crippen LogP contribution in [0.5, 0.6) is 0 Å². The Bertz CT molecular complexity index is 424. The maximum absolute atomic E-state index is 11.4. The first-order chi connectivity index (χ1) is 9.58. The van der Waals surface area contributed by atoms with Crippen molar-refractivity contribution in [2.45, 2.75) is 37.3 Å². The maximum Gasteiger partial charge on any atom is 0.336 e. The molecule has 0 aromatic heterocycles. The van der Waals surface area contributed by atoms with E-state index in [9.17, 15) is 24.3 Å². The number of carbonyl (C=O) groups excluding carboxylic acids is 1.